The lowest BCUT2D eigenvalue weighted by molar-refractivity contribution is -0.117. The van der Waals surface area contributed by atoms with Gasteiger partial charge in [0.1, 0.15) is 5.76 Å². The van der Waals surface area contributed by atoms with Crippen LogP contribution in [0.15, 0.2) is 74.7 Å². The average molecular weight is 570 g/mol. The number of aryl methyl sites for hydroxylation is 1. The largest absolute Gasteiger partial charge is 0.504 e. The second kappa shape index (κ2) is 10.5. The Bertz CT molecular complexity index is 1560. The predicted octanol–water partition coefficient (Wildman–Crippen LogP) is 5.88. The van der Waals surface area contributed by atoms with Crippen molar-refractivity contribution in [2.75, 3.05) is 12.0 Å². The van der Waals surface area contributed by atoms with Crippen LogP contribution in [0.4, 0.5) is 5.13 Å². The molecule has 0 saturated heterocycles. The fourth-order valence-corrected chi connectivity index (χ4v) is 5.94. The zero-order valence-electron chi connectivity index (χ0n) is 20.0. The Morgan fingerprint density at radius 2 is 1.92 bits per heavy atom. The van der Waals surface area contributed by atoms with E-state index in [1.54, 1.807) is 31.2 Å². The van der Waals surface area contributed by atoms with Crippen LogP contribution >= 0.6 is 34.7 Å². The summed E-state index contributed by atoms with van der Waals surface area (Å²) in [6.07, 6.45) is 0. The highest BCUT2D eigenvalue weighted by atomic mass is 35.5. The summed E-state index contributed by atoms with van der Waals surface area (Å²) in [5, 5.41) is 30.3. The van der Waals surface area contributed by atoms with Crippen molar-refractivity contribution in [1.82, 2.24) is 10.2 Å². The molecule has 9 nitrogen and oxygen atoms in total. The Morgan fingerprint density at radius 3 is 2.61 bits per heavy atom. The third-order valence-electron chi connectivity index (χ3n) is 5.81. The van der Waals surface area contributed by atoms with Gasteiger partial charge in [0, 0.05) is 10.8 Å². The zero-order valence-corrected chi connectivity index (χ0v) is 22.4. The van der Waals surface area contributed by atoms with E-state index in [2.05, 4.69) is 10.2 Å². The molecule has 0 fully saturated rings. The molecule has 4 aromatic rings. The maximum absolute atomic E-state index is 13.5. The Morgan fingerprint density at radius 1 is 1.16 bits per heavy atom. The predicted molar refractivity (Wildman–Crippen MR) is 143 cm³/mol. The number of aliphatic hydroxyl groups excluding tert-OH is 1. The number of aromatic hydroxyl groups is 1. The lowest BCUT2D eigenvalue weighted by atomic mass is 9.95. The summed E-state index contributed by atoms with van der Waals surface area (Å²) in [7, 11) is 1.39. The van der Waals surface area contributed by atoms with Gasteiger partial charge in [-0.25, -0.2) is 0 Å². The molecule has 5 rings (SSSR count). The Kier molecular flexibility index (Phi) is 7.15. The first-order chi connectivity index (χ1) is 18.3. The Hall–Kier alpha value is -3.80. The van der Waals surface area contributed by atoms with Crippen LogP contribution in [-0.2, 0) is 10.5 Å². The van der Waals surface area contributed by atoms with Gasteiger partial charge in [-0.05, 0) is 54.4 Å². The second-order valence-electron chi connectivity index (χ2n) is 8.28. The van der Waals surface area contributed by atoms with E-state index in [-0.39, 0.29) is 28.0 Å². The van der Waals surface area contributed by atoms with E-state index in [4.69, 9.17) is 20.8 Å². The molecular formula is C26H20ClN3O6S2. The number of ketones is 1. The van der Waals surface area contributed by atoms with Crippen molar-refractivity contribution in [1.29, 1.82) is 0 Å². The van der Waals surface area contributed by atoms with Crippen LogP contribution in [0.1, 0.15) is 33.5 Å². The van der Waals surface area contributed by atoms with Gasteiger partial charge in [0.15, 0.2) is 27.4 Å². The number of aliphatic hydroxyl groups is 1. The number of phenols is 1. The molecule has 1 amide bonds. The summed E-state index contributed by atoms with van der Waals surface area (Å²) in [5.74, 6) is -1.07. The monoisotopic (exact) mass is 569 g/mol. The van der Waals surface area contributed by atoms with Gasteiger partial charge in [-0.1, -0.05) is 52.9 Å². The quantitative estimate of drug-likeness (QED) is 0.152. The molecule has 0 spiro atoms. The first-order valence-electron chi connectivity index (χ1n) is 11.2. The van der Waals surface area contributed by atoms with Crippen molar-refractivity contribution in [2.45, 2.75) is 23.1 Å². The van der Waals surface area contributed by atoms with E-state index < -0.39 is 23.5 Å². The third-order valence-corrected chi connectivity index (χ3v) is 8.19. The van der Waals surface area contributed by atoms with Gasteiger partial charge in [-0.3, -0.25) is 14.5 Å². The molecule has 3 heterocycles. The number of hydrogen-bond acceptors (Lipinski definition) is 10. The highest BCUT2D eigenvalue weighted by molar-refractivity contribution is 8.00. The summed E-state index contributed by atoms with van der Waals surface area (Å²) in [6, 6.07) is 13.9. The van der Waals surface area contributed by atoms with E-state index in [0.29, 0.717) is 26.4 Å². The van der Waals surface area contributed by atoms with Crippen LogP contribution < -0.4 is 9.64 Å². The molecule has 1 unspecified atom stereocenters. The van der Waals surface area contributed by atoms with E-state index in [9.17, 15) is 19.8 Å². The number of anilines is 1. The second-order valence-corrected chi connectivity index (χ2v) is 10.9. The van der Waals surface area contributed by atoms with Crippen LogP contribution in [0.2, 0.25) is 5.02 Å². The van der Waals surface area contributed by atoms with Crippen molar-refractivity contribution in [2.24, 2.45) is 0 Å². The number of carbonyl (C=O) groups excluding carboxylic acids is 2. The minimum Gasteiger partial charge on any atom is -0.504 e. The van der Waals surface area contributed by atoms with Gasteiger partial charge >= 0.3 is 0 Å². The fourth-order valence-electron chi connectivity index (χ4n) is 3.99. The molecule has 12 heteroatoms. The van der Waals surface area contributed by atoms with Gasteiger partial charge in [0.05, 0.1) is 18.7 Å². The lowest BCUT2D eigenvalue weighted by Gasteiger charge is -2.24. The summed E-state index contributed by atoms with van der Waals surface area (Å²) in [4.78, 5) is 28.0. The van der Waals surface area contributed by atoms with Crippen LogP contribution in [-0.4, -0.2) is 39.2 Å². The van der Waals surface area contributed by atoms with Crippen molar-refractivity contribution in [3.05, 3.63) is 93.6 Å². The standard InChI is InChI=1S/C26H20ClN3O6S2/c1-13-3-10-18(36-13)22(32)20-21(15-6-9-17(31)19(11-15)35-2)30(24(34)23(20)33)25-28-29-26(38-25)37-12-14-4-7-16(27)8-5-14/h3-11,21,31,33H,12H2,1-2H3. The van der Waals surface area contributed by atoms with Crippen LogP contribution in [0.5, 0.6) is 11.5 Å². The number of hydrogen-bond donors (Lipinski definition) is 2. The van der Waals surface area contributed by atoms with Gasteiger partial charge in [-0.15, -0.1) is 10.2 Å². The summed E-state index contributed by atoms with van der Waals surface area (Å²) in [5.41, 5.74) is 1.26. The number of benzene rings is 2. The van der Waals surface area contributed by atoms with Gasteiger partial charge in [0.2, 0.25) is 10.9 Å². The number of methoxy groups -OCH3 is 1. The van der Waals surface area contributed by atoms with Crippen LogP contribution in [0, 0.1) is 6.92 Å². The minimum absolute atomic E-state index is 0.0223. The Balaban J connectivity index is 1.52. The number of thioether (sulfide) groups is 1. The molecule has 0 bridgehead atoms. The van der Waals surface area contributed by atoms with Crippen LogP contribution in [0.25, 0.3) is 0 Å². The third kappa shape index (κ3) is 4.87. The molecule has 2 aromatic heterocycles. The van der Waals surface area contributed by atoms with Gasteiger partial charge < -0.3 is 19.4 Å². The maximum atomic E-state index is 13.5. The molecule has 1 aliphatic rings. The number of carbonyl (C=O) groups is 2. The zero-order chi connectivity index (χ0) is 27.0. The first kappa shape index (κ1) is 25.8. The molecule has 0 aliphatic carbocycles. The topological polar surface area (TPSA) is 126 Å². The van der Waals surface area contributed by atoms with Crippen LogP contribution in [0.3, 0.4) is 0 Å². The average Bonchev–Trinajstić information content (AvgIpc) is 3.62. The number of nitrogens with zero attached hydrogens (tertiary/aromatic N) is 3. The molecule has 1 aliphatic heterocycles. The first-order valence-corrected chi connectivity index (χ1v) is 13.4. The number of phenolic OH excluding ortho intramolecular Hbond substituents is 1. The van der Waals surface area contributed by atoms with E-state index in [0.717, 1.165) is 16.9 Å². The fraction of sp³-hybridized carbons (Fsp3) is 0.154. The SMILES string of the molecule is COc1cc(C2C(C(=O)c3ccc(C)o3)=C(O)C(=O)N2c2nnc(SCc3ccc(Cl)cc3)s2)ccc1O. The van der Waals surface area contributed by atoms with E-state index >= 15 is 0 Å². The molecule has 38 heavy (non-hydrogen) atoms. The number of furan rings is 1. The number of Topliss-reactive ketones (excluding diaryl/α,β-unsaturated/α-hetero) is 1. The van der Waals surface area contributed by atoms with Gasteiger partial charge in [-0.2, -0.15) is 0 Å². The van der Waals surface area contributed by atoms with E-state index in [1.807, 2.05) is 12.1 Å². The lowest BCUT2D eigenvalue weighted by Crippen LogP contribution is -2.31. The summed E-state index contributed by atoms with van der Waals surface area (Å²) >= 11 is 8.53. The normalized spacial score (nSPS) is 15.4. The number of ether oxygens (including phenoxy) is 1. The smallest absolute Gasteiger partial charge is 0.296 e. The van der Waals surface area contributed by atoms with Gasteiger partial charge in [0.25, 0.3) is 5.91 Å². The van der Waals surface area contributed by atoms with Crippen molar-refractivity contribution in [3.8, 4) is 11.5 Å². The summed E-state index contributed by atoms with van der Waals surface area (Å²) < 4.78 is 11.3. The van der Waals surface area contributed by atoms with Crippen molar-refractivity contribution >= 4 is 51.5 Å². The number of halogens is 1. The summed E-state index contributed by atoms with van der Waals surface area (Å²) in [6.45, 7) is 1.68. The maximum Gasteiger partial charge on any atom is 0.296 e. The number of rotatable bonds is 8. The molecule has 2 aromatic carbocycles. The van der Waals surface area contributed by atoms with Crippen molar-refractivity contribution < 1.29 is 29.0 Å². The molecule has 1 atom stereocenters. The molecule has 0 saturated carbocycles. The number of aromatic nitrogens is 2. The minimum atomic E-state index is -1.07. The molecule has 0 radical (unpaired) electrons. The van der Waals surface area contributed by atoms with Crippen molar-refractivity contribution in [3.63, 3.8) is 0 Å². The molecule has 194 valence electrons. The number of amides is 1. The molecular weight excluding hydrogens is 550 g/mol. The Labute approximate surface area is 230 Å². The molecule has 2 N–H and O–H groups in total. The highest BCUT2D eigenvalue weighted by Crippen LogP contribution is 2.45. The van der Waals surface area contributed by atoms with E-state index in [1.165, 1.54) is 42.0 Å². The highest BCUT2D eigenvalue weighted by Gasteiger charge is 2.47.